The summed E-state index contributed by atoms with van der Waals surface area (Å²) in [4.78, 5) is 4.79. The summed E-state index contributed by atoms with van der Waals surface area (Å²) in [5.41, 5.74) is 8.94. The molecule has 3 N–H and O–H groups in total. The van der Waals surface area contributed by atoms with Crippen molar-refractivity contribution in [3.8, 4) is 0 Å². The molecule has 1 aromatic rings. The summed E-state index contributed by atoms with van der Waals surface area (Å²) in [6, 6.07) is 6.43. The van der Waals surface area contributed by atoms with Crippen molar-refractivity contribution in [3.05, 3.63) is 29.3 Å². The number of aryl methyl sites for hydroxylation is 1. The van der Waals surface area contributed by atoms with Gasteiger partial charge in [-0.2, -0.15) is 0 Å². The quantitative estimate of drug-likeness (QED) is 0.815. The average molecular weight is 293 g/mol. The van der Waals surface area contributed by atoms with Crippen LogP contribution in [0.1, 0.15) is 17.5 Å². The Morgan fingerprint density at radius 3 is 2.80 bits per heavy atom. The standard InChI is InChI=1S/C15H23N3OS/c1-10-4-5-14(13(6-10)15(16)20)18-9-12(19)7-11(18)8-17(2)3/h4-6,11-12,19H,7-9H2,1-3H3,(H2,16,20). The van der Waals surface area contributed by atoms with Crippen molar-refractivity contribution in [2.24, 2.45) is 5.73 Å². The number of benzene rings is 1. The number of hydrogen-bond donors (Lipinski definition) is 2. The van der Waals surface area contributed by atoms with Gasteiger partial charge in [0.15, 0.2) is 0 Å². The first kappa shape index (κ1) is 15.2. The third-order valence-corrected chi connectivity index (χ3v) is 3.92. The third-order valence-electron chi connectivity index (χ3n) is 3.70. The minimum absolute atomic E-state index is 0.288. The van der Waals surface area contributed by atoms with Gasteiger partial charge in [-0.25, -0.2) is 0 Å². The van der Waals surface area contributed by atoms with Crippen LogP contribution < -0.4 is 10.6 Å². The summed E-state index contributed by atoms with van der Waals surface area (Å²) in [5, 5.41) is 10.0. The molecule has 110 valence electrons. The van der Waals surface area contributed by atoms with Gasteiger partial charge in [-0.3, -0.25) is 0 Å². The van der Waals surface area contributed by atoms with Crippen LogP contribution in [0.4, 0.5) is 5.69 Å². The fourth-order valence-electron chi connectivity index (χ4n) is 2.88. The molecule has 4 nitrogen and oxygen atoms in total. The Bertz CT molecular complexity index is 504. The summed E-state index contributed by atoms with van der Waals surface area (Å²) in [5.74, 6) is 0. The minimum atomic E-state index is -0.291. The SMILES string of the molecule is Cc1ccc(N2CC(O)CC2CN(C)C)c(C(N)=S)c1. The summed E-state index contributed by atoms with van der Waals surface area (Å²) in [6.07, 6.45) is 0.489. The Morgan fingerprint density at radius 1 is 1.50 bits per heavy atom. The summed E-state index contributed by atoms with van der Waals surface area (Å²) < 4.78 is 0. The Hall–Kier alpha value is -1.17. The van der Waals surface area contributed by atoms with Gasteiger partial charge in [0, 0.05) is 30.4 Å². The van der Waals surface area contributed by atoms with Gasteiger partial charge in [0.2, 0.25) is 0 Å². The molecule has 1 fully saturated rings. The van der Waals surface area contributed by atoms with Crippen molar-refractivity contribution in [3.63, 3.8) is 0 Å². The third kappa shape index (κ3) is 3.29. The lowest BCUT2D eigenvalue weighted by Crippen LogP contribution is -2.38. The molecule has 1 saturated heterocycles. The van der Waals surface area contributed by atoms with Crippen molar-refractivity contribution in [2.45, 2.75) is 25.5 Å². The number of β-amino-alcohol motifs (C(OH)–C–C–N with tert-alkyl or cyclic N) is 1. The van der Waals surface area contributed by atoms with Crippen molar-refractivity contribution >= 4 is 22.9 Å². The predicted molar refractivity (Wildman–Crippen MR) is 87.4 cm³/mol. The molecule has 2 unspecified atom stereocenters. The van der Waals surface area contributed by atoms with Crippen LogP contribution in [0.3, 0.4) is 0 Å². The van der Waals surface area contributed by atoms with Crippen LogP contribution in [0, 0.1) is 6.92 Å². The van der Waals surface area contributed by atoms with Gasteiger partial charge in [0.1, 0.15) is 4.99 Å². The van der Waals surface area contributed by atoms with Crippen molar-refractivity contribution in [1.82, 2.24) is 4.90 Å². The topological polar surface area (TPSA) is 52.7 Å². The second-order valence-corrected chi connectivity index (χ2v) is 6.28. The van der Waals surface area contributed by atoms with Gasteiger partial charge in [-0.1, -0.05) is 23.8 Å². The first-order chi connectivity index (χ1) is 9.38. The minimum Gasteiger partial charge on any atom is -0.391 e. The van der Waals surface area contributed by atoms with Crippen molar-refractivity contribution < 1.29 is 5.11 Å². The molecule has 20 heavy (non-hydrogen) atoms. The lowest BCUT2D eigenvalue weighted by Gasteiger charge is -2.30. The maximum absolute atomic E-state index is 10.0. The van der Waals surface area contributed by atoms with E-state index in [0.29, 0.717) is 11.5 Å². The summed E-state index contributed by atoms with van der Waals surface area (Å²) >= 11 is 5.18. The smallest absolute Gasteiger partial charge is 0.106 e. The fourth-order valence-corrected chi connectivity index (χ4v) is 3.04. The number of likely N-dealkylation sites (N-methyl/N-ethyl adjacent to an activating group) is 1. The van der Waals surface area contributed by atoms with Gasteiger partial charge in [-0.15, -0.1) is 0 Å². The molecule has 0 saturated carbocycles. The van der Waals surface area contributed by atoms with Crippen molar-refractivity contribution in [1.29, 1.82) is 0 Å². The Kier molecular flexibility index (Phi) is 4.62. The van der Waals surface area contributed by atoms with Crippen LogP contribution in [-0.2, 0) is 0 Å². The molecule has 0 aromatic heterocycles. The van der Waals surface area contributed by atoms with E-state index in [2.05, 4.69) is 21.9 Å². The molecule has 2 rings (SSSR count). The lowest BCUT2D eigenvalue weighted by molar-refractivity contribution is 0.191. The molecule has 0 amide bonds. The zero-order valence-electron chi connectivity index (χ0n) is 12.3. The Morgan fingerprint density at radius 2 is 2.20 bits per heavy atom. The van der Waals surface area contributed by atoms with Crippen LogP contribution >= 0.6 is 12.2 Å². The number of aliphatic hydroxyl groups is 1. The van der Waals surface area contributed by atoms with E-state index in [-0.39, 0.29) is 12.1 Å². The van der Waals surface area contributed by atoms with Crippen LogP contribution in [0.2, 0.25) is 0 Å². The molecule has 1 aromatic carbocycles. The average Bonchev–Trinajstić information content (AvgIpc) is 2.69. The second-order valence-electron chi connectivity index (χ2n) is 5.84. The Balaban J connectivity index is 2.36. The maximum atomic E-state index is 10.0. The molecule has 5 heteroatoms. The van der Waals surface area contributed by atoms with E-state index < -0.39 is 0 Å². The fraction of sp³-hybridized carbons (Fsp3) is 0.533. The van der Waals surface area contributed by atoms with Gasteiger partial charge < -0.3 is 20.6 Å². The lowest BCUT2D eigenvalue weighted by atomic mass is 10.1. The van der Waals surface area contributed by atoms with E-state index in [1.165, 1.54) is 0 Å². The second kappa shape index (κ2) is 6.08. The van der Waals surface area contributed by atoms with Crippen LogP contribution in [0.15, 0.2) is 18.2 Å². The highest BCUT2D eigenvalue weighted by molar-refractivity contribution is 7.80. The van der Waals surface area contributed by atoms with E-state index >= 15 is 0 Å². The predicted octanol–water partition coefficient (Wildman–Crippen LogP) is 1.13. The molecule has 0 radical (unpaired) electrons. The van der Waals surface area contributed by atoms with E-state index in [9.17, 15) is 5.11 Å². The number of nitrogens with zero attached hydrogens (tertiary/aromatic N) is 2. The molecule has 0 spiro atoms. The maximum Gasteiger partial charge on any atom is 0.106 e. The summed E-state index contributed by atoms with van der Waals surface area (Å²) in [7, 11) is 4.10. The van der Waals surface area contributed by atoms with E-state index in [4.69, 9.17) is 18.0 Å². The number of nitrogens with two attached hydrogens (primary N) is 1. The van der Waals surface area contributed by atoms with Gasteiger partial charge in [-0.05, 0) is 39.6 Å². The number of hydrogen-bond acceptors (Lipinski definition) is 4. The molecule has 0 aliphatic carbocycles. The molecule has 1 aliphatic heterocycles. The monoisotopic (exact) mass is 293 g/mol. The van der Waals surface area contributed by atoms with Crippen LogP contribution in [0.25, 0.3) is 0 Å². The highest BCUT2D eigenvalue weighted by Crippen LogP contribution is 2.30. The van der Waals surface area contributed by atoms with Crippen LogP contribution in [0.5, 0.6) is 0 Å². The molecule has 1 heterocycles. The molecule has 0 bridgehead atoms. The highest BCUT2D eigenvalue weighted by Gasteiger charge is 2.32. The Labute approximate surface area is 126 Å². The zero-order chi connectivity index (χ0) is 14.9. The van der Waals surface area contributed by atoms with Gasteiger partial charge in [0.25, 0.3) is 0 Å². The molecule has 1 aliphatic rings. The highest BCUT2D eigenvalue weighted by atomic mass is 32.1. The van der Waals surface area contributed by atoms with Gasteiger partial charge in [0.05, 0.1) is 6.10 Å². The van der Waals surface area contributed by atoms with Crippen LogP contribution in [-0.4, -0.2) is 54.3 Å². The largest absolute Gasteiger partial charge is 0.391 e. The number of anilines is 1. The molecule has 2 atom stereocenters. The van der Waals surface area contributed by atoms with Gasteiger partial charge >= 0.3 is 0 Å². The number of thiocarbonyl (C=S) groups is 1. The zero-order valence-corrected chi connectivity index (χ0v) is 13.2. The van der Waals surface area contributed by atoms with E-state index in [1.54, 1.807) is 0 Å². The normalized spacial score (nSPS) is 22.6. The summed E-state index contributed by atoms with van der Waals surface area (Å²) in [6.45, 7) is 3.57. The first-order valence-electron chi connectivity index (χ1n) is 6.88. The molecular weight excluding hydrogens is 270 g/mol. The number of rotatable bonds is 4. The van der Waals surface area contributed by atoms with E-state index in [0.717, 1.165) is 29.8 Å². The number of aliphatic hydroxyl groups excluding tert-OH is 1. The molecular formula is C15H23N3OS. The first-order valence-corrected chi connectivity index (χ1v) is 7.29. The van der Waals surface area contributed by atoms with E-state index in [1.807, 2.05) is 27.1 Å². The van der Waals surface area contributed by atoms with Crippen molar-refractivity contribution in [2.75, 3.05) is 32.1 Å².